The third-order valence-electron chi connectivity index (χ3n) is 2.81. The first-order valence-corrected chi connectivity index (χ1v) is 5.38. The van der Waals surface area contributed by atoms with Gasteiger partial charge in [-0.25, -0.2) is 0 Å². The van der Waals surface area contributed by atoms with Gasteiger partial charge in [-0.1, -0.05) is 13.3 Å². The van der Waals surface area contributed by atoms with E-state index in [1.165, 1.54) is 6.42 Å². The predicted octanol–water partition coefficient (Wildman–Crippen LogP) is 2.67. The summed E-state index contributed by atoms with van der Waals surface area (Å²) in [6.07, 6.45) is 11.7. The largest absolute Gasteiger partial charge is 0.458 e. The summed E-state index contributed by atoms with van der Waals surface area (Å²) in [7, 11) is 0. The number of carbonyl (C=O) groups excluding carboxylic acids is 1. The summed E-state index contributed by atoms with van der Waals surface area (Å²) >= 11 is 0. The van der Waals surface area contributed by atoms with Crippen molar-refractivity contribution in [2.75, 3.05) is 0 Å². The maximum absolute atomic E-state index is 11.3. The second-order valence-electron chi connectivity index (χ2n) is 3.95. The van der Waals surface area contributed by atoms with E-state index in [9.17, 15) is 4.79 Å². The van der Waals surface area contributed by atoms with Crippen LogP contribution in [0.3, 0.4) is 0 Å². The average Bonchev–Trinajstić information content (AvgIpc) is 2.19. The lowest BCUT2D eigenvalue weighted by atomic mass is 9.82. The second-order valence-corrected chi connectivity index (χ2v) is 3.95. The lowest BCUT2D eigenvalue weighted by Gasteiger charge is -2.35. The third kappa shape index (κ3) is 2.77. The van der Waals surface area contributed by atoms with Gasteiger partial charge in [0, 0.05) is 12.8 Å². The number of hydrogen-bond donors (Lipinski definition) is 0. The van der Waals surface area contributed by atoms with Gasteiger partial charge in [0.2, 0.25) is 0 Å². The molecule has 78 valence electrons. The molecule has 0 unspecified atom stereocenters. The third-order valence-corrected chi connectivity index (χ3v) is 2.81. The van der Waals surface area contributed by atoms with Gasteiger partial charge in [-0.05, 0) is 25.7 Å². The van der Waals surface area contributed by atoms with E-state index >= 15 is 0 Å². The van der Waals surface area contributed by atoms with Gasteiger partial charge in [0.1, 0.15) is 5.60 Å². The van der Waals surface area contributed by atoms with Gasteiger partial charge >= 0.3 is 5.97 Å². The molecule has 0 spiro atoms. The number of esters is 1. The van der Waals surface area contributed by atoms with E-state index in [2.05, 4.69) is 5.92 Å². The summed E-state index contributed by atoms with van der Waals surface area (Å²) < 4.78 is 5.49. The fourth-order valence-electron chi connectivity index (χ4n) is 2.01. The standard InChI is InChI=1S/C12H18O2/c1-3-8-12(14-11(13)4-2)9-6-5-7-10-12/h1H,4-10H2,2H3. The first kappa shape index (κ1) is 11.1. The minimum Gasteiger partial charge on any atom is -0.458 e. The van der Waals surface area contributed by atoms with Gasteiger partial charge in [0.05, 0.1) is 0 Å². The van der Waals surface area contributed by atoms with Gasteiger partial charge in [-0.3, -0.25) is 4.79 Å². The van der Waals surface area contributed by atoms with E-state index in [1.807, 2.05) is 6.92 Å². The van der Waals surface area contributed by atoms with Crippen LogP contribution in [0.15, 0.2) is 0 Å². The minimum absolute atomic E-state index is 0.123. The molecule has 2 nitrogen and oxygen atoms in total. The quantitative estimate of drug-likeness (QED) is 0.510. The Kier molecular flexibility index (Phi) is 4.00. The lowest BCUT2D eigenvalue weighted by Crippen LogP contribution is -2.36. The monoisotopic (exact) mass is 194 g/mol. The molecule has 0 N–H and O–H groups in total. The van der Waals surface area contributed by atoms with Crippen molar-refractivity contribution in [2.45, 2.75) is 57.5 Å². The Morgan fingerprint density at radius 3 is 2.57 bits per heavy atom. The summed E-state index contributed by atoms with van der Waals surface area (Å²) in [5.74, 6) is 2.51. The Bertz CT molecular complexity index is 231. The molecule has 1 aliphatic rings. The molecule has 0 atom stereocenters. The highest BCUT2D eigenvalue weighted by Crippen LogP contribution is 2.34. The van der Waals surface area contributed by atoms with Crippen LogP contribution in [0.4, 0.5) is 0 Å². The molecular formula is C12H18O2. The zero-order chi connectivity index (χ0) is 10.4. The number of rotatable bonds is 3. The Balaban J connectivity index is 2.61. The summed E-state index contributed by atoms with van der Waals surface area (Å²) in [5, 5.41) is 0. The smallest absolute Gasteiger partial charge is 0.306 e. The number of terminal acetylenes is 1. The van der Waals surface area contributed by atoms with Gasteiger partial charge in [0.25, 0.3) is 0 Å². The molecule has 0 aromatic rings. The molecule has 0 heterocycles. The van der Waals surface area contributed by atoms with Crippen LogP contribution in [0.25, 0.3) is 0 Å². The molecule has 0 aromatic heterocycles. The van der Waals surface area contributed by atoms with Gasteiger partial charge < -0.3 is 4.74 Å². The molecule has 0 aliphatic heterocycles. The number of hydrogen-bond acceptors (Lipinski definition) is 2. The topological polar surface area (TPSA) is 26.3 Å². The van der Waals surface area contributed by atoms with E-state index in [1.54, 1.807) is 0 Å². The van der Waals surface area contributed by atoms with E-state index in [0.717, 1.165) is 25.7 Å². The Morgan fingerprint density at radius 1 is 1.43 bits per heavy atom. The van der Waals surface area contributed by atoms with Crippen molar-refractivity contribution in [3.8, 4) is 12.3 Å². The molecule has 0 bridgehead atoms. The van der Waals surface area contributed by atoms with Crippen molar-refractivity contribution in [1.82, 2.24) is 0 Å². The van der Waals surface area contributed by atoms with Crippen LogP contribution >= 0.6 is 0 Å². The molecule has 0 radical (unpaired) electrons. The average molecular weight is 194 g/mol. The van der Waals surface area contributed by atoms with E-state index in [-0.39, 0.29) is 11.6 Å². The van der Waals surface area contributed by atoms with Crippen molar-refractivity contribution in [2.24, 2.45) is 0 Å². The maximum atomic E-state index is 11.3. The fourth-order valence-corrected chi connectivity index (χ4v) is 2.01. The van der Waals surface area contributed by atoms with Crippen LogP contribution in [0, 0.1) is 12.3 Å². The summed E-state index contributed by atoms with van der Waals surface area (Å²) in [6, 6.07) is 0. The summed E-state index contributed by atoms with van der Waals surface area (Å²) in [4.78, 5) is 11.3. The van der Waals surface area contributed by atoms with Gasteiger partial charge in [0.15, 0.2) is 0 Å². The minimum atomic E-state index is -0.333. The Labute approximate surface area is 86.0 Å². The van der Waals surface area contributed by atoms with Crippen LogP contribution in [0.1, 0.15) is 51.9 Å². The number of carbonyl (C=O) groups is 1. The van der Waals surface area contributed by atoms with E-state index < -0.39 is 0 Å². The Morgan fingerprint density at radius 2 is 2.07 bits per heavy atom. The van der Waals surface area contributed by atoms with Crippen molar-refractivity contribution in [3.63, 3.8) is 0 Å². The molecule has 2 heteroatoms. The molecule has 0 amide bonds. The highest BCUT2D eigenvalue weighted by molar-refractivity contribution is 5.69. The van der Waals surface area contributed by atoms with Gasteiger partial charge in [-0.15, -0.1) is 12.3 Å². The zero-order valence-electron chi connectivity index (χ0n) is 8.84. The van der Waals surface area contributed by atoms with Crippen LogP contribution in [-0.4, -0.2) is 11.6 Å². The van der Waals surface area contributed by atoms with Crippen LogP contribution in [0.5, 0.6) is 0 Å². The van der Waals surface area contributed by atoms with Gasteiger partial charge in [-0.2, -0.15) is 0 Å². The molecule has 1 saturated carbocycles. The van der Waals surface area contributed by atoms with E-state index in [4.69, 9.17) is 11.2 Å². The van der Waals surface area contributed by atoms with Crippen molar-refractivity contribution < 1.29 is 9.53 Å². The molecule has 0 aromatic carbocycles. The molecular weight excluding hydrogens is 176 g/mol. The first-order valence-electron chi connectivity index (χ1n) is 5.38. The Hall–Kier alpha value is -0.970. The van der Waals surface area contributed by atoms with Crippen molar-refractivity contribution >= 4 is 5.97 Å². The van der Waals surface area contributed by atoms with E-state index in [0.29, 0.717) is 12.8 Å². The number of ether oxygens (including phenoxy) is 1. The van der Waals surface area contributed by atoms with Crippen LogP contribution in [0.2, 0.25) is 0 Å². The molecule has 14 heavy (non-hydrogen) atoms. The van der Waals surface area contributed by atoms with Crippen LogP contribution < -0.4 is 0 Å². The lowest BCUT2D eigenvalue weighted by molar-refractivity contribution is -0.162. The molecule has 1 fully saturated rings. The normalized spacial score (nSPS) is 19.7. The fraction of sp³-hybridized carbons (Fsp3) is 0.750. The highest BCUT2D eigenvalue weighted by Gasteiger charge is 2.34. The zero-order valence-corrected chi connectivity index (χ0v) is 8.84. The van der Waals surface area contributed by atoms with Crippen LogP contribution in [-0.2, 0) is 9.53 Å². The second kappa shape index (κ2) is 5.05. The molecule has 0 saturated heterocycles. The van der Waals surface area contributed by atoms with Crippen molar-refractivity contribution in [1.29, 1.82) is 0 Å². The SMILES string of the molecule is C#CCC1(OC(=O)CC)CCCCC1. The predicted molar refractivity (Wildman–Crippen MR) is 55.6 cm³/mol. The highest BCUT2D eigenvalue weighted by atomic mass is 16.6. The summed E-state index contributed by atoms with van der Waals surface area (Å²) in [6.45, 7) is 1.81. The summed E-state index contributed by atoms with van der Waals surface area (Å²) in [5.41, 5.74) is -0.333. The van der Waals surface area contributed by atoms with Crippen molar-refractivity contribution in [3.05, 3.63) is 0 Å². The maximum Gasteiger partial charge on any atom is 0.306 e. The molecule has 1 rings (SSSR count). The molecule has 1 aliphatic carbocycles. The first-order chi connectivity index (χ1) is 6.72.